The van der Waals surface area contributed by atoms with Crippen LogP contribution in [0.5, 0.6) is 0 Å². The Kier molecular flexibility index (Phi) is 4.45. The van der Waals surface area contributed by atoms with E-state index in [4.69, 9.17) is 16.0 Å². The zero-order valence-corrected chi connectivity index (χ0v) is 15.1. The standard InChI is InChI=1S/C19H17ClF3NO3/c20-15-13-7-12(11-1-2-11)8-14(19(21,22)23)16(13)27-17(15)18(26)24-5-3-10(9-25)4-6-24/h7-11H,1-6H2. The Morgan fingerprint density at radius 2 is 1.85 bits per heavy atom. The lowest BCUT2D eigenvalue weighted by Gasteiger charge is -2.28. The van der Waals surface area contributed by atoms with Crippen LogP contribution in [-0.4, -0.2) is 30.2 Å². The molecule has 4 rings (SSSR count). The summed E-state index contributed by atoms with van der Waals surface area (Å²) in [6, 6.07) is 2.70. The molecule has 0 unspecified atom stereocenters. The van der Waals surface area contributed by atoms with Crippen molar-refractivity contribution in [1.82, 2.24) is 4.90 Å². The van der Waals surface area contributed by atoms with Crippen LogP contribution in [0.15, 0.2) is 16.5 Å². The number of rotatable bonds is 3. The van der Waals surface area contributed by atoms with Crippen molar-refractivity contribution in [3.63, 3.8) is 0 Å². The first-order chi connectivity index (χ1) is 12.8. The summed E-state index contributed by atoms with van der Waals surface area (Å²) >= 11 is 6.28. The molecule has 1 saturated heterocycles. The number of carbonyl (C=O) groups excluding carboxylic acids is 2. The van der Waals surface area contributed by atoms with Crippen molar-refractivity contribution in [1.29, 1.82) is 0 Å². The lowest BCUT2D eigenvalue weighted by atomic mass is 9.98. The summed E-state index contributed by atoms with van der Waals surface area (Å²) in [5, 5.41) is 0.0417. The van der Waals surface area contributed by atoms with E-state index in [0.29, 0.717) is 31.5 Å². The molecule has 1 aromatic heterocycles. The van der Waals surface area contributed by atoms with Gasteiger partial charge in [0.1, 0.15) is 11.9 Å². The number of alkyl halides is 3. The van der Waals surface area contributed by atoms with E-state index in [1.54, 1.807) is 6.07 Å². The minimum Gasteiger partial charge on any atom is -0.449 e. The van der Waals surface area contributed by atoms with E-state index >= 15 is 0 Å². The molecule has 1 aromatic carbocycles. The third-order valence-electron chi connectivity index (χ3n) is 5.32. The molecule has 1 saturated carbocycles. The average Bonchev–Trinajstić information content (AvgIpc) is 3.44. The van der Waals surface area contributed by atoms with Gasteiger partial charge in [-0.2, -0.15) is 13.2 Å². The summed E-state index contributed by atoms with van der Waals surface area (Å²) < 4.78 is 46.0. The minimum atomic E-state index is -4.60. The average molecular weight is 400 g/mol. The number of piperidine rings is 1. The van der Waals surface area contributed by atoms with Crippen molar-refractivity contribution < 1.29 is 27.2 Å². The van der Waals surface area contributed by atoms with Crippen molar-refractivity contribution in [2.24, 2.45) is 5.92 Å². The molecule has 144 valence electrons. The molecule has 8 heteroatoms. The van der Waals surface area contributed by atoms with Gasteiger partial charge in [0.2, 0.25) is 5.76 Å². The lowest BCUT2D eigenvalue weighted by molar-refractivity contribution is -0.136. The Morgan fingerprint density at radius 3 is 2.41 bits per heavy atom. The summed E-state index contributed by atoms with van der Waals surface area (Å²) in [5.74, 6) is -0.808. The van der Waals surface area contributed by atoms with Gasteiger partial charge in [0.25, 0.3) is 5.91 Å². The van der Waals surface area contributed by atoms with E-state index in [2.05, 4.69) is 0 Å². The second-order valence-electron chi connectivity index (χ2n) is 7.23. The molecule has 0 spiro atoms. The van der Waals surface area contributed by atoms with Gasteiger partial charge >= 0.3 is 6.18 Å². The number of aldehydes is 1. The van der Waals surface area contributed by atoms with Gasteiger partial charge in [-0.15, -0.1) is 0 Å². The summed E-state index contributed by atoms with van der Waals surface area (Å²) in [5.41, 5.74) is -0.728. The Balaban J connectivity index is 1.75. The summed E-state index contributed by atoms with van der Waals surface area (Å²) in [7, 11) is 0. The highest BCUT2D eigenvalue weighted by molar-refractivity contribution is 6.38. The quantitative estimate of drug-likeness (QED) is 0.680. The van der Waals surface area contributed by atoms with Gasteiger partial charge < -0.3 is 14.1 Å². The molecule has 1 amide bonds. The van der Waals surface area contributed by atoms with Gasteiger partial charge in [0.05, 0.1) is 10.6 Å². The monoisotopic (exact) mass is 399 g/mol. The van der Waals surface area contributed by atoms with Crippen molar-refractivity contribution in [3.8, 4) is 0 Å². The molecular weight excluding hydrogens is 383 g/mol. The number of halogens is 4. The van der Waals surface area contributed by atoms with Gasteiger partial charge in [0, 0.05) is 24.4 Å². The summed E-state index contributed by atoms with van der Waals surface area (Å²) in [4.78, 5) is 25.1. The molecule has 0 radical (unpaired) electrons. The van der Waals surface area contributed by atoms with Crippen LogP contribution < -0.4 is 0 Å². The van der Waals surface area contributed by atoms with Crippen LogP contribution in [-0.2, 0) is 11.0 Å². The molecule has 2 fully saturated rings. The fourth-order valence-electron chi connectivity index (χ4n) is 3.58. The molecule has 2 heterocycles. The number of benzene rings is 1. The maximum atomic E-state index is 13.5. The molecule has 1 aliphatic carbocycles. The Hall–Kier alpha value is -2.02. The van der Waals surface area contributed by atoms with E-state index in [9.17, 15) is 22.8 Å². The first-order valence-corrected chi connectivity index (χ1v) is 9.25. The Labute approximate surface area is 158 Å². The summed E-state index contributed by atoms with van der Waals surface area (Å²) in [6.45, 7) is 0.685. The van der Waals surface area contributed by atoms with E-state index in [1.165, 1.54) is 4.90 Å². The lowest BCUT2D eigenvalue weighted by Crippen LogP contribution is -2.38. The number of carbonyl (C=O) groups is 2. The Morgan fingerprint density at radius 1 is 1.19 bits per heavy atom. The van der Waals surface area contributed by atoms with E-state index in [0.717, 1.165) is 25.2 Å². The zero-order valence-electron chi connectivity index (χ0n) is 14.3. The number of hydrogen-bond acceptors (Lipinski definition) is 3. The largest absolute Gasteiger partial charge is 0.449 e. The maximum Gasteiger partial charge on any atom is 0.420 e. The maximum absolute atomic E-state index is 13.5. The minimum absolute atomic E-state index is 0.0829. The fourth-order valence-corrected chi connectivity index (χ4v) is 3.84. The number of likely N-dealkylation sites (tertiary alicyclic amines) is 1. The highest BCUT2D eigenvalue weighted by Gasteiger charge is 2.38. The van der Waals surface area contributed by atoms with Crippen LogP contribution in [0.25, 0.3) is 11.0 Å². The van der Waals surface area contributed by atoms with Gasteiger partial charge in [-0.1, -0.05) is 11.6 Å². The molecule has 2 aromatic rings. The molecule has 2 aliphatic rings. The van der Waals surface area contributed by atoms with Crippen LogP contribution in [0.4, 0.5) is 13.2 Å². The molecular formula is C19H17ClF3NO3. The van der Waals surface area contributed by atoms with Crippen LogP contribution in [0.2, 0.25) is 5.02 Å². The topological polar surface area (TPSA) is 50.5 Å². The van der Waals surface area contributed by atoms with Crippen LogP contribution in [0, 0.1) is 5.92 Å². The normalized spacial score (nSPS) is 18.9. The smallest absolute Gasteiger partial charge is 0.420 e. The highest BCUT2D eigenvalue weighted by Crippen LogP contribution is 2.46. The highest BCUT2D eigenvalue weighted by atomic mass is 35.5. The predicted octanol–water partition coefficient (Wildman–Crippen LogP) is 5.03. The van der Waals surface area contributed by atoms with Crippen molar-refractivity contribution in [3.05, 3.63) is 34.0 Å². The first-order valence-electron chi connectivity index (χ1n) is 8.87. The van der Waals surface area contributed by atoms with E-state index in [-0.39, 0.29) is 28.0 Å². The van der Waals surface area contributed by atoms with E-state index in [1.807, 2.05) is 0 Å². The SMILES string of the molecule is O=CC1CCN(C(=O)c2oc3c(C(F)(F)F)cc(C4CC4)cc3c2Cl)CC1. The number of hydrogen-bond donors (Lipinski definition) is 0. The van der Waals surface area contributed by atoms with Crippen LogP contribution in [0.1, 0.15) is 53.3 Å². The van der Waals surface area contributed by atoms with Crippen molar-refractivity contribution >= 4 is 34.8 Å². The number of amides is 1. The predicted molar refractivity (Wildman–Crippen MR) is 92.9 cm³/mol. The van der Waals surface area contributed by atoms with Gasteiger partial charge in [-0.3, -0.25) is 4.79 Å². The third kappa shape index (κ3) is 3.33. The Bertz CT molecular complexity index is 909. The number of furan rings is 1. The zero-order chi connectivity index (χ0) is 19.3. The number of nitrogens with zero attached hydrogens (tertiary/aromatic N) is 1. The van der Waals surface area contributed by atoms with Crippen LogP contribution >= 0.6 is 11.6 Å². The first kappa shape index (κ1) is 18.3. The molecule has 27 heavy (non-hydrogen) atoms. The number of fused-ring (bicyclic) bond motifs is 1. The molecule has 0 atom stereocenters. The molecule has 1 aliphatic heterocycles. The van der Waals surface area contributed by atoms with Crippen molar-refractivity contribution in [2.45, 2.75) is 37.8 Å². The second-order valence-corrected chi connectivity index (χ2v) is 7.61. The van der Waals surface area contributed by atoms with Gasteiger partial charge in [-0.25, -0.2) is 0 Å². The third-order valence-corrected chi connectivity index (χ3v) is 5.69. The van der Waals surface area contributed by atoms with Gasteiger partial charge in [0.15, 0.2) is 0 Å². The summed E-state index contributed by atoms with van der Waals surface area (Å²) in [6.07, 6.45) is -1.01. The van der Waals surface area contributed by atoms with Crippen molar-refractivity contribution in [2.75, 3.05) is 13.1 Å². The second kappa shape index (κ2) is 6.55. The molecule has 0 bridgehead atoms. The fraction of sp³-hybridized carbons (Fsp3) is 0.474. The van der Waals surface area contributed by atoms with Crippen LogP contribution in [0.3, 0.4) is 0 Å². The molecule has 4 nitrogen and oxygen atoms in total. The molecule has 0 N–H and O–H groups in total. The van der Waals surface area contributed by atoms with Gasteiger partial charge in [-0.05, 0) is 49.3 Å². The van der Waals surface area contributed by atoms with E-state index < -0.39 is 23.2 Å².